The van der Waals surface area contributed by atoms with Gasteiger partial charge in [-0.2, -0.15) is 0 Å². The lowest BCUT2D eigenvalue weighted by Crippen LogP contribution is -2.43. The van der Waals surface area contributed by atoms with Gasteiger partial charge in [0.2, 0.25) is 11.8 Å². The highest BCUT2D eigenvalue weighted by Crippen LogP contribution is 2.22. The molecule has 2 amide bonds. The van der Waals surface area contributed by atoms with Crippen LogP contribution in [0.1, 0.15) is 25.7 Å². The van der Waals surface area contributed by atoms with Crippen LogP contribution in [0.5, 0.6) is 0 Å². The predicted octanol–water partition coefficient (Wildman–Crippen LogP) is 1.92. The summed E-state index contributed by atoms with van der Waals surface area (Å²) in [5.74, 6) is 1.42. The lowest BCUT2D eigenvalue weighted by Gasteiger charge is -2.24. The van der Waals surface area contributed by atoms with Gasteiger partial charge in [0.25, 0.3) is 0 Å². The maximum Gasteiger partial charge on any atom is 0.500 e. The first kappa shape index (κ1) is 31.8. The van der Waals surface area contributed by atoms with Crippen molar-refractivity contribution in [1.82, 2.24) is 10.6 Å². The van der Waals surface area contributed by atoms with E-state index in [-0.39, 0.29) is 11.8 Å². The molecular formula is C18H40N2O8S2Si2. The number of rotatable bonds is 21. The van der Waals surface area contributed by atoms with Crippen LogP contribution >= 0.6 is 21.6 Å². The molecule has 0 saturated heterocycles. The summed E-state index contributed by atoms with van der Waals surface area (Å²) in [5.41, 5.74) is 0. The molecule has 0 spiro atoms. The Labute approximate surface area is 202 Å². The summed E-state index contributed by atoms with van der Waals surface area (Å²) in [6.07, 6.45) is 2.34. The van der Waals surface area contributed by atoms with Gasteiger partial charge < -0.3 is 37.2 Å². The molecule has 190 valence electrons. The molecular weight excluding hydrogens is 493 g/mol. The van der Waals surface area contributed by atoms with Crippen LogP contribution in [0.15, 0.2) is 0 Å². The highest BCUT2D eigenvalue weighted by Gasteiger charge is 2.37. The Kier molecular flexibility index (Phi) is 19.1. The highest BCUT2D eigenvalue weighted by molar-refractivity contribution is 8.76. The molecule has 0 aromatic rings. The van der Waals surface area contributed by atoms with Crippen molar-refractivity contribution in [2.75, 3.05) is 67.3 Å². The van der Waals surface area contributed by atoms with Gasteiger partial charge in [0.1, 0.15) is 0 Å². The van der Waals surface area contributed by atoms with Crippen LogP contribution in [0.25, 0.3) is 0 Å². The van der Waals surface area contributed by atoms with Gasteiger partial charge in [-0.25, -0.2) is 0 Å². The number of carbonyl (C=O) groups excluding carboxylic acids is 2. The van der Waals surface area contributed by atoms with Crippen molar-refractivity contribution < 1.29 is 36.1 Å². The molecule has 0 aromatic heterocycles. The summed E-state index contributed by atoms with van der Waals surface area (Å²) in [4.78, 5) is 23.8. The molecule has 0 radical (unpaired) electrons. The molecule has 0 aliphatic rings. The summed E-state index contributed by atoms with van der Waals surface area (Å²) >= 11 is 0. The van der Waals surface area contributed by atoms with Crippen molar-refractivity contribution in [3.8, 4) is 0 Å². The van der Waals surface area contributed by atoms with Crippen molar-refractivity contribution in [2.45, 2.75) is 37.8 Å². The zero-order chi connectivity index (χ0) is 24.3. The second-order valence-corrected chi connectivity index (χ2v) is 15.5. The molecule has 10 nitrogen and oxygen atoms in total. The second-order valence-electron chi connectivity index (χ2n) is 6.64. The van der Waals surface area contributed by atoms with E-state index in [1.54, 1.807) is 64.2 Å². The first-order valence-corrected chi connectivity index (χ1v) is 16.8. The van der Waals surface area contributed by atoms with Crippen molar-refractivity contribution in [3.63, 3.8) is 0 Å². The minimum absolute atomic E-state index is 0.0122. The molecule has 0 rings (SSSR count). The van der Waals surface area contributed by atoms with Gasteiger partial charge in [0.05, 0.1) is 0 Å². The zero-order valence-corrected chi connectivity index (χ0v) is 23.8. The Balaban J connectivity index is 3.70. The fourth-order valence-corrected chi connectivity index (χ4v) is 8.17. The molecule has 14 heteroatoms. The molecule has 32 heavy (non-hydrogen) atoms. The summed E-state index contributed by atoms with van der Waals surface area (Å²) in [5, 5.41) is 5.79. The van der Waals surface area contributed by atoms with Crippen LogP contribution in [0.2, 0.25) is 12.1 Å². The molecule has 2 N–H and O–H groups in total. The van der Waals surface area contributed by atoms with E-state index in [0.29, 0.717) is 49.5 Å². The first-order chi connectivity index (χ1) is 15.4. The average Bonchev–Trinajstić information content (AvgIpc) is 2.82. The SMILES string of the molecule is CO[Si](CCCNC(=O)CCSSCCC(=O)NCCC[Si](OC)(OC)OC)(OC)OC. The molecule has 0 bridgehead atoms. The number of carbonyl (C=O) groups is 2. The van der Waals surface area contributed by atoms with Gasteiger partial charge in [-0.15, -0.1) is 0 Å². The molecule has 0 aliphatic heterocycles. The van der Waals surface area contributed by atoms with Gasteiger partial charge in [0, 0.05) is 92.2 Å². The Hall–Kier alpha value is -0.166. The molecule has 0 unspecified atom stereocenters. The standard InChI is InChI=1S/C18H40N2O8S2Si2/c1-23-31(24-2,25-3)15-7-11-19-17(21)9-13-29-30-14-10-18(22)20-12-8-16-32(26-4,27-5)28-6/h7-16H2,1-6H3,(H,19,21)(H,20,22). The van der Waals surface area contributed by atoms with E-state index in [9.17, 15) is 9.59 Å². The fraction of sp³-hybridized carbons (Fsp3) is 0.889. The molecule has 0 aliphatic carbocycles. The monoisotopic (exact) mass is 532 g/mol. The minimum Gasteiger partial charge on any atom is -0.377 e. The Morgan fingerprint density at radius 1 is 0.625 bits per heavy atom. The minimum atomic E-state index is -2.57. The topological polar surface area (TPSA) is 114 Å². The van der Waals surface area contributed by atoms with Gasteiger partial charge in [-0.1, -0.05) is 21.6 Å². The summed E-state index contributed by atoms with van der Waals surface area (Å²) < 4.78 is 32.1. The summed E-state index contributed by atoms with van der Waals surface area (Å²) in [6.45, 7) is 1.12. The van der Waals surface area contributed by atoms with Crippen LogP contribution in [-0.4, -0.2) is 96.7 Å². The van der Waals surface area contributed by atoms with Crippen LogP contribution in [0.3, 0.4) is 0 Å². The van der Waals surface area contributed by atoms with E-state index < -0.39 is 17.6 Å². The summed E-state index contributed by atoms with van der Waals surface area (Å²) in [6, 6.07) is 1.30. The van der Waals surface area contributed by atoms with E-state index in [1.165, 1.54) is 0 Å². The fourth-order valence-electron chi connectivity index (χ4n) is 2.74. The summed E-state index contributed by atoms with van der Waals surface area (Å²) in [7, 11) is 7.52. The smallest absolute Gasteiger partial charge is 0.377 e. The normalized spacial score (nSPS) is 12.1. The van der Waals surface area contributed by atoms with Crippen molar-refractivity contribution >= 4 is 51.0 Å². The number of hydrogen-bond acceptors (Lipinski definition) is 10. The van der Waals surface area contributed by atoms with E-state index >= 15 is 0 Å². The molecule has 0 aromatic carbocycles. The van der Waals surface area contributed by atoms with Gasteiger partial charge in [0.15, 0.2) is 0 Å². The molecule has 0 atom stereocenters. The second kappa shape index (κ2) is 19.2. The average molecular weight is 533 g/mol. The lowest BCUT2D eigenvalue weighted by atomic mass is 10.4. The molecule has 0 fully saturated rings. The van der Waals surface area contributed by atoms with Gasteiger partial charge in [-0.05, 0) is 12.8 Å². The van der Waals surface area contributed by atoms with Crippen molar-refractivity contribution in [2.24, 2.45) is 0 Å². The van der Waals surface area contributed by atoms with Gasteiger partial charge >= 0.3 is 17.6 Å². The highest BCUT2D eigenvalue weighted by atomic mass is 33.1. The van der Waals surface area contributed by atoms with Crippen LogP contribution in [0.4, 0.5) is 0 Å². The largest absolute Gasteiger partial charge is 0.500 e. The third-order valence-corrected chi connectivity index (χ3v) is 12.8. The quantitative estimate of drug-likeness (QED) is 0.129. The maximum absolute atomic E-state index is 11.9. The zero-order valence-electron chi connectivity index (χ0n) is 20.2. The van der Waals surface area contributed by atoms with Crippen molar-refractivity contribution in [3.05, 3.63) is 0 Å². The Morgan fingerprint density at radius 2 is 0.938 bits per heavy atom. The number of amides is 2. The predicted molar refractivity (Wildman–Crippen MR) is 133 cm³/mol. The van der Waals surface area contributed by atoms with E-state index in [0.717, 1.165) is 12.8 Å². The van der Waals surface area contributed by atoms with Crippen molar-refractivity contribution in [1.29, 1.82) is 0 Å². The number of nitrogens with one attached hydrogen (secondary N) is 2. The van der Waals surface area contributed by atoms with E-state index in [4.69, 9.17) is 26.6 Å². The lowest BCUT2D eigenvalue weighted by molar-refractivity contribution is -0.121. The van der Waals surface area contributed by atoms with Crippen LogP contribution in [-0.2, 0) is 36.1 Å². The van der Waals surface area contributed by atoms with Gasteiger partial charge in [-0.3, -0.25) is 9.59 Å². The van der Waals surface area contributed by atoms with E-state index in [1.807, 2.05) is 0 Å². The molecule has 0 saturated carbocycles. The Bertz CT molecular complexity index is 455. The van der Waals surface area contributed by atoms with Crippen LogP contribution in [0, 0.1) is 0 Å². The maximum atomic E-state index is 11.9. The third kappa shape index (κ3) is 13.5. The molecule has 0 heterocycles. The third-order valence-electron chi connectivity index (χ3n) is 4.74. The Morgan fingerprint density at radius 3 is 1.22 bits per heavy atom. The first-order valence-electron chi connectivity index (χ1n) is 10.4. The van der Waals surface area contributed by atoms with E-state index in [2.05, 4.69) is 10.6 Å². The number of hydrogen-bond donors (Lipinski definition) is 2. The van der Waals surface area contributed by atoms with Crippen LogP contribution < -0.4 is 10.6 Å².